The Balaban J connectivity index is 2.19. The van der Waals surface area contributed by atoms with Gasteiger partial charge < -0.3 is 35.8 Å². The number of carbonyl (C=O) groups is 5. The van der Waals surface area contributed by atoms with E-state index in [4.69, 9.17) is 9.47 Å². The first-order chi connectivity index (χ1) is 18.8. The number of benzene rings is 1. The minimum atomic E-state index is -1.23. The molecule has 0 aliphatic carbocycles. The third kappa shape index (κ3) is 12.2. The molecule has 5 N–H and O–H groups in total. The summed E-state index contributed by atoms with van der Waals surface area (Å²) in [6.07, 6.45) is 3.96. The fourth-order valence-corrected chi connectivity index (χ4v) is 3.87. The van der Waals surface area contributed by atoms with Crippen LogP contribution in [0.3, 0.4) is 0 Å². The van der Waals surface area contributed by atoms with E-state index in [0.717, 1.165) is 5.56 Å². The molecule has 0 saturated carbocycles. The molecule has 3 rings (SSSR count). The van der Waals surface area contributed by atoms with Gasteiger partial charge in [0.1, 0.15) is 36.1 Å². The van der Waals surface area contributed by atoms with Crippen LogP contribution in [0, 0.1) is 0 Å². The van der Waals surface area contributed by atoms with E-state index in [2.05, 4.69) is 21.3 Å². The van der Waals surface area contributed by atoms with Crippen molar-refractivity contribution in [2.24, 2.45) is 0 Å². The molecule has 220 valence electrons. The highest BCUT2D eigenvalue weighted by Gasteiger charge is 2.29. The van der Waals surface area contributed by atoms with Gasteiger partial charge in [-0.25, -0.2) is 9.59 Å². The zero-order valence-electron chi connectivity index (χ0n) is 23.5. The van der Waals surface area contributed by atoms with Gasteiger partial charge in [0.05, 0.1) is 0 Å². The Bertz CT molecular complexity index is 1070. The Kier molecular flexibility index (Phi) is 12.4. The summed E-state index contributed by atoms with van der Waals surface area (Å²) in [5, 5.41) is 20.1. The second kappa shape index (κ2) is 15.5. The van der Waals surface area contributed by atoms with E-state index in [0.29, 0.717) is 18.6 Å². The van der Waals surface area contributed by atoms with Gasteiger partial charge >= 0.3 is 12.1 Å². The first kappa shape index (κ1) is 32.1. The molecule has 40 heavy (non-hydrogen) atoms. The summed E-state index contributed by atoms with van der Waals surface area (Å²) in [4.78, 5) is 61.9. The van der Waals surface area contributed by atoms with Crippen LogP contribution in [-0.2, 0) is 30.3 Å². The second-order valence-electron chi connectivity index (χ2n) is 10.5. The van der Waals surface area contributed by atoms with Gasteiger partial charge in [-0.05, 0) is 64.2 Å². The highest BCUT2D eigenvalue weighted by molar-refractivity contribution is 5.93. The lowest BCUT2D eigenvalue weighted by atomic mass is 10.0. The van der Waals surface area contributed by atoms with Crippen molar-refractivity contribution in [3.05, 3.63) is 42.0 Å². The van der Waals surface area contributed by atoms with Gasteiger partial charge in [-0.3, -0.25) is 14.4 Å². The standard InChI is InChI=1S/C28H40N4O8/c1-18(33)30-23-17-19-11-13-20(14-12-19)39-16-8-6-10-22(26(36)37)32-24(34)21(31-25(23)35)9-5-7-15-29-27(38)40-28(2,3)4/h6,8,11-14,21-23H,5,7,9-10,15-17H2,1-4H3,(H,29,38)(H,30,33)(H,31,35)(H,32,34)(H,36,37)/b8-6-/t21-,22-,23-/m0/s1. The second-order valence-corrected chi connectivity index (χ2v) is 10.5. The summed E-state index contributed by atoms with van der Waals surface area (Å²) in [6, 6.07) is 3.77. The number of hydrogen-bond acceptors (Lipinski definition) is 7. The Morgan fingerprint density at radius 1 is 1.05 bits per heavy atom. The van der Waals surface area contributed by atoms with E-state index >= 15 is 0 Å². The highest BCUT2D eigenvalue weighted by Crippen LogP contribution is 2.15. The lowest BCUT2D eigenvalue weighted by molar-refractivity contribution is -0.142. The minimum absolute atomic E-state index is 0.0123. The number of amides is 4. The van der Waals surface area contributed by atoms with Gasteiger partial charge in [-0.15, -0.1) is 0 Å². The smallest absolute Gasteiger partial charge is 0.407 e. The van der Waals surface area contributed by atoms with Crippen LogP contribution in [0.2, 0.25) is 0 Å². The number of carboxylic acids is 1. The molecule has 2 aliphatic heterocycles. The molecule has 0 radical (unpaired) electrons. The molecule has 4 amide bonds. The molecule has 0 fully saturated rings. The van der Waals surface area contributed by atoms with Gasteiger partial charge in [-0.1, -0.05) is 24.3 Å². The maximum absolute atomic E-state index is 13.3. The number of fused-ring (bicyclic) bond motifs is 13. The van der Waals surface area contributed by atoms with Crippen molar-refractivity contribution in [1.29, 1.82) is 0 Å². The summed E-state index contributed by atoms with van der Waals surface area (Å²) < 4.78 is 10.8. The number of carboxylic acid groups (broad SMARTS) is 1. The maximum Gasteiger partial charge on any atom is 0.407 e. The maximum atomic E-state index is 13.3. The van der Waals surface area contributed by atoms with Crippen LogP contribution in [-0.4, -0.2) is 71.8 Å². The Hall–Kier alpha value is -4.09. The van der Waals surface area contributed by atoms with Crippen molar-refractivity contribution in [3.63, 3.8) is 0 Å². The zero-order chi connectivity index (χ0) is 29.7. The van der Waals surface area contributed by atoms with E-state index < -0.39 is 53.5 Å². The molecule has 12 nitrogen and oxygen atoms in total. The number of nitrogens with one attached hydrogen (secondary N) is 4. The predicted octanol–water partition coefficient (Wildman–Crippen LogP) is 1.82. The highest BCUT2D eigenvalue weighted by atomic mass is 16.6. The van der Waals surface area contributed by atoms with E-state index in [1.165, 1.54) is 6.92 Å². The quantitative estimate of drug-likeness (QED) is 0.248. The number of unbranched alkanes of at least 4 members (excludes halogenated alkanes) is 1. The zero-order valence-corrected chi connectivity index (χ0v) is 23.5. The van der Waals surface area contributed by atoms with E-state index in [-0.39, 0.29) is 32.4 Å². The SMILES string of the molecule is CC(=O)N[C@H]1Cc2ccc(cc2)OC/C=C\C[C@@H](C(=O)O)NC(=O)[C@H](CCCCNC(=O)OC(C)(C)C)NC1=O. The van der Waals surface area contributed by atoms with E-state index in [1.54, 1.807) is 57.2 Å². The molecule has 1 aromatic carbocycles. The summed E-state index contributed by atoms with van der Waals surface area (Å²) in [5.41, 5.74) is 0.131. The summed E-state index contributed by atoms with van der Waals surface area (Å²) in [7, 11) is 0. The van der Waals surface area contributed by atoms with Gasteiger partial charge in [0.15, 0.2) is 0 Å². The first-order valence-electron chi connectivity index (χ1n) is 13.3. The Morgan fingerprint density at radius 3 is 2.38 bits per heavy atom. The molecular formula is C28H40N4O8. The fraction of sp³-hybridized carbons (Fsp3) is 0.536. The molecule has 2 heterocycles. The van der Waals surface area contributed by atoms with Gasteiger partial charge in [0.25, 0.3) is 0 Å². The molecular weight excluding hydrogens is 520 g/mol. The van der Waals surface area contributed by atoms with Crippen LogP contribution in [0.1, 0.15) is 58.9 Å². The van der Waals surface area contributed by atoms with Crippen molar-refractivity contribution in [1.82, 2.24) is 21.3 Å². The number of ether oxygens (including phenoxy) is 2. The van der Waals surface area contributed by atoms with Crippen molar-refractivity contribution in [2.45, 2.75) is 83.5 Å². The largest absolute Gasteiger partial charge is 0.490 e. The minimum Gasteiger partial charge on any atom is -0.490 e. The molecule has 0 aromatic heterocycles. The van der Waals surface area contributed by atoms with Crippen LogP contribution in [0.25, 0.3) is 0 Å². The number of carbonyl (C=O) groups excluding carboxylic acids is 4. The van der Waals surface area contributed by atoms with Crippen LogP contribution in [0.15, 0.2) is 36.4 Å². The first-order valence-corrected chi connectivity index (χ1v) is 13.3. The van der Waals surface area contributed by atoms with Gasteiger partial charge in [0, 0.05) is 19.9 Å². The third-order valence-corrected chi connectivity index (χ3v) is 5.78. The monoisotopic (exact) mass is 560 g/mol. The number of rotatable bonds is 7. The summed E-state index contributed by atoms with van der Waals surface area (Å²) >= 11 is 0. The molecule has 2 aliphatic rings. The average Bonchev–Trinajstić information content (AvgIpc) is 2.85. The Morgan fingerprint density at radius 2 is 1.75 bits per heavy atom. The van der Waals surface area contributed by atoms with Crippen molar-refractivity contribution < 1.29 is 38.6 Å². The lowest BCUT2D eigenvalue weighted by Crippen LogP contribution is -2.56. The van der Waals surface area contributed by atoms with Crippen LogP contribution < -0.4 is 26.0 Å². The normalized spacial score (nSPS) is 21.1. The van der Waals surface area contributed by atoms with Crippen molar-refractivity contribution in [2.75, 3.05) is 13.2 Å². The average molecular weight is 561 g/mol. The number of alkyl carbamates (subject to hydrolysis) is 1. The molecule has 0 spiro atoms. The van der Waals surface area contributed by atoms with E-state index in [1.807, 2.05) is 0 Å². The van der Waals surface area contributed by atoms with Crippen molar-refractivity contribution >= 4 is 29.8 Å². The Labute approximate surface area is 234 Å². The molecule has 0 saturated heterocycles. The molecule has 0 unspecified atom stereocenters. The fourth-order valence-electron chi connectivity index (χ4n) is 3.87. The predicted molar refractivity (Wildman–Crippen MR) is 147 cm³/mol. The van der Waals surface area contributed by atoms with Gasteiger partial charge in [0.2, 0.25) is 17.7 Å². The lowest BCUT2D eigenvalue weighted by Gasteiger charge is -2.24. The van der Waals surface area contributed by atoms with Crippen LogP contribution >= 0.6 is 0 Å². The van der Waals surface area contributed by atoms with Crippen molar-refractivity contribution in [3.8, 4) is 5.75 Å². The third-order valence-electron chi connectivity index (χ3n) is 5.78. The van der Waals surface area contributed by atoms with Crippen LogP contribution in [0.4, 0.5) is 4.79 Å². The van der Waals surface area contributed by atoms with E-state index in [9.17, 15) is 29.1 Å². The van der Waals surface area contributed by atoms with Crippen LogP contribution in [0.5, 0.6) is 5.75 Å². The summed E-state index contributed by atoms with van der Waals surface area (Å²) in [5.74, 6) is -2.31. The molecule has 1 aromatic rings. The number of aliphatic carboxylic acids is 1. The molecule has 3 atom stereocenters. The molecule has 2 bridgehead atoms. The molecule has 12 heteroatoms. The number of hydrogen-bond donors (Lipinski definition) is 5. The van der Waals surface area contributed by atoms with Gasteiger partial charge in [-0.2, -0.15) is 0 Å². The topological polar surface area (TPSA) is 172 Å². The summed E-state index contributed by atoms with van der Waals surface area (Å²) in [6.45, 7) is 7.04.